The predicted molar refractivity (Wildman–Crippen MR) is 70.5 cm³/mol. The number of halogens is 3. The smallest absolute Gasteiger partial charge is 0.184 e. The van der Waals surface area contributed by atoms with Crippen LogP contribution in [0.5, 0.6) is 0 Å². The first-order valence-electron chi connectivity index (χ1n) is 5.67. The van der Waals surface area contributed by atoms with Gasteiger partial charge in [0.1, 0.15) is 17.6 Å². The van der Waals surface area contributed by atoms with Crippen LogP contribution in [-0.2, 0) is 0 Å². The van der Waals surface area contributed by atoms with Crippen LogP contribution in [0.15, 0.2) is 42.5 Å². The lowest BCUT2D eigenvalue weighted by atomic mass is 9.92. The molecular formula is C15H8ClF2NO. The topological polar surface area (TPSA) is 40.9 Å². The van der Waals surface area contributed by atoms with Crippen molar-refractivity contribution < 1.29 is 13.6 Å². The van der Waals surface area contributed by atoms with Crippen LogP contribution in [0.3, 0.4) is 0 Å². The van der Waals surface area contributed by atoms with Crippen molar-refractivity contribution in [2.75, 3.05) is 0 Å². The summed E-state index contributed by atoms with van der Waals surface area (Å²) in [5.41, 5.74) is 0.266. The largest absolute Gasteiger partial charge is 0.292 e. The van der Waals surface area contributed by atoms with Crippen LogP contribution < -0.4 is 0 Å². The van der Waals surface area contributed by atoms with Gasteiger partial charge in [-0.15, -0.1) is 0 Å². The van der Waals surface area contributed by atoms with Crippen molar-refractivity contribution in [3.8, 4) is 6.07 Å². The molecule has 1 atom stereocenters. The van der Waals surface area contributed by atoms with Crippen molar-refractivity contribution in [1.29, 1.82) is 5.26 Å². The first-order valence-corrected chi connectivity index (χ1v) is 6.05. The van der Waals surface area contributed by atoms with Crippen molar-refractivity contribution in [2.45, 2.75) is 5.92 Å². The molecule has 0 radical (unpaired) electrons. The van der Waals surface area contributed by atoms with E-state index in [4.69, 9.17) is 16.9 Å². The lowest BCUT2D eigenvalue weighted by Gasteiger charge is -2.10. The maximum absolute atomic E-state index is 13.1. The van der Waals surface area contributed by atoms with Crippen LogP contribution >= 0.6 is 11.6 Å². The summed E-state index contributed by atoms with van der Waals surface area (Å²) in [7, 11) is 0. The summed E-state index contributed by atoms with van der Waals surface area (Å²) in [6.45, 7) is 0. The summed E-state index contributed by atoms with van der Waals surface area (Å²) in [5.74, 6) is -2.92. The molecule has 0 N–H and O–H groups in total. The second kappa shape index (κ2) is 5.81. The lowest BCUT2D eigenvalue weighted by molar-refractivity contribution is 0.0978. The number of ketones is 1. The van der Waals surface area contributed by atoms with E-state index in [0.29, 0.717) is 0 Å². The SMILES string of the molecule is N#CC(C(=O)c1cccc(F)c1)c1ccc(F)cc1Cl. The van der Waals surface area contributed by atoms with Gasteiger partial charge < -0.3 is 0 Å². The number of rotatable bonds is 3. The Labute approximate surface area is 119 Å². The zero-order chi connectivity index (χ0) is 14.7. The number of carbonyl (C=O) groups excluding carboxylic acids is 1. The minimum absolute atomic E-state index is 0.0127. The van der Waals surface area contributed by atoms with Gasteiger partial charge in [-0.2, -0.15) is 5.26 Å². The Hall–Kier alpha value is -2.25. The Balaban J connectivity index is 2.43. The predicted octanol–water partition coefficient (Wildman–Crippen LogP) is 4.11. The molecule has 2 aromatic carbocycles. The monoisotopic (exact) mass is 291 g/mol. The van der Waals surface area contributed by atoms with Crippen LogP contribution in [0.2, 0.25) is 5.02 Å². The van der Waals surface area contributed by atoms with Crippen LogP contribution in [0, 0.1) is 23.0 Å². The minimum atomic E-state index is -1.20. The van der Waals surface area contributed by atoms with E-state index in [0.717, 1.165) is 18.2 Å². The fourth-order valence-corrected chi connectivity index (χ4v) is 2.09. The second-order valence-corrected chi connectivity index (χ2v) is 4.51. The highest BCUT2D eigenvalue weighted by molar-refractivity contribution is 6.31. The zero-order valence-electron chi connectivity index (χ0n) is 10.1. The molecule has 0 saturated carbocycles. The maximum atomic E-state index is 13.1. The molecule has 0 saturated heterocycles. The van der Waals surface area contributed by atoms with Crippen molar-refractivity contribution in [1.82, 2.24) is 0 Å². The average molecular weight is 292 g/mol. The molecule has 2 rings (SSSR count). The first kappa shape index (κ1) is 14.2. The lowest BCUT2D eigenvalue weighted by Crippen LogP contribution is -2.12. The maximum Gasteiger partial charge on any atom is 0.184 e. The van der Waals surface area contributed by atoms with Gasteiger partial charge >= 0.3 is 0 Å². The van der Waals surface area contributed by atoms with Crippen LogP contribution in [0.4, 0.5) is 8.78 Å². The van der Waals surface area contributed by atoms with Gasteiger partial charge in [0.25, 0.3) is 0 Å². The van der Waals surface area contributed by atoms with Crippen molar-refractivity contribution >= 4 is 17.4 Å². The molecule has 0 bridgehead atoms. The molecule has 0 aliphatic rings. The molecule has 0 fully saturated rings. The number of nitrogens with zero attached hydrogens (tertiary/aromatic N) is 1. The molecule has 1 unspecified atom stereocenters. The van der Waals surface area contributed by atoms with E-state index in [1.165, 1.54) is 24.3 Å². The van der Waals surface area contributed by atoms with Crippen LogP contribution in [0.1, 0.15) is 21.8 Å². The van der Waals surface area contributed by atoms with Crippen molar-refractivity contribution in [2.24, 2.45) is 0 Å². The third-order valence-electron chi connectivity index (χ3n) is 2.77. The molecule has 5 heteroatoms. The molecule has 20 heavy (non-hydrogen) atoms. The van der Waals surface area contributed by atoms with E-state index < -0.39 is 23.3 Å². The van der Waals surface area contributed by atoms with Crippen molar-refractivity contribution in [3.63, 3.8) is 0 Å². The third kappa shape index (κ3) is 2.84. The van der Waals surface area contributed by atoms with Gasteiger partial charge in [-0.1, -0.05) is 29.8 Å². The number of Topliss-reactive ketones (excluding diaryl/α,β-unsaturated/α-hetero) is 1. The van der Waals surface area contributed by atoms with E-state index >= 15 is 0 Å². The molecule has 0 aliphatic carbocycles. The quantitative estimate of drug-likeness (QED) is 0.799. The van der Waals surface area contributed by atoms with Gasteiger partial charge in [0, 0.05) is 10.6 Å². The number of carbonyl (C=O) groups is 1. The number of benzene rings is 2. The molecule has 0 spiro atoms. The Morgan fingerprint density at radius 3 is 2.45 bits per heavy atom. The second-order valence-electron chi connectivity index (χ2n) is 4.10. The molecule has 0 aliphatic heterocycles. The fraction of sp³-hybridized carbons (Fsp3) is 0.0667. The Morgan fingerprint density at radius 1 is 1.15 bits per heavy atom. The van der Waals surface area contributed by atoms with Gasteiger partial charge in [0.15, 0.2) is 5.78 Å². The number of hydrogen-bond donors (Lipinski definition) is 0. The molecular weight excluding hydrogens is 284 g/mol. The molecule has 0 heterocycles. The van der Waals surface area contributed by atoms with E-state index in [1.807, 2.05) is 6.07 Å². The molecule has 2 nitrogen and oxygen atoms in total. The summed E-state index contributed by atoms with van der Waals surface area (Å²) in [4.78, 5) is 12.2. The number of hydrogen-bond acceptors (Lipinski definition) is 2. The standard InChI is InChI=1S/C15H8ClF2NO/c16-14-7-11(18)4-5-12(14)13(8-19)15(20)9-2-1-3-10(17)6-9/h1-7,13H. The van der Waals surface area contributed by atoms with Crippen LogP contribution in [-0.4, -0.2) is 5.78 Å². The molecule has 100 valence electrons. The zero-order valence-corrected chi connectivity index (χ0v) is 10.9. The van der Waals surface area contributed by atoms with Crippen LogP contribution in [0.25, 0.3) is 0 Å². The Morgan fingerprint density at radius 2 is 1.85 bits per heavy atom. The third-order valence-corrected chi connectivity index (χ3v) is 3.10. The van der Waals surface area contributed by atoms with E-state index in [-0.39, 0.29) is 16.1 Å². The summed E-state index contributed by atoms with van der Waals surface area (Å²) in [5, 5.41) is 9.14. The normalized spacial score (nSPS) is 11.7. The van der Waals surface area contributed by atoms with E-state index in [1.54, 1.807) is 0 Å². The van der Waals surface area contributed by atoms with Crippen molar-refractivity contribution in [3.05, 3.63) is 70.2 Å². The summed E-state index contributed by atoms with van der Waals surface area (Å²) in [6.07, 6.45) is 0. The Kier molecular flexibility index (Phi) is 4.11. The summed E-state index contributed by atoms with van der Waals surface area (Å²) < 4.78 is 26.1. The summed E-state index contributed by atoms with van der Waals surface area (Å²) >= 11 is 5.85. The fourth-order valence-electron chi connectivity index (χ4n) is 1.81. The summed E-state index contributed by atoms with van der Waals surface area (Å²) in [6, 6.07) is 10.3. The van der Waals surface area contributed by atoms with E-state index in [9.17, 15) is 13.6 Å². The van der Waals surface area contributed by atoms with E-state index in [2.05, 4.69) is 0 Å². The minimum Gasteiger partial charge on any atom is -0.292 e. The highest BCUT2D eigenvalue weighted by Crippen LogP contribution is 2.28. The highest BCUT2D eigenvalue weighted by atomic mass is 35.5. The van der Waals surface area contributed by atoms with Gasteiger partial charge in [-0.05, 0) is 29.8 Å². The van der Waals surface area contributed by atoms with Gasteiger partial charge in [0.2, 0.25) is 0 Å². The first-order chi connectivity index (χ1) is 9.52. The molecule has 0 amide bonds. The molecule has 2 aromatic rings. The number of nitriles is 1. The van der Waals surface area contributed by atoms with Gasteiger partial charge in [-0.25, -0.2) is 8.78 Å². The highest BCUT2D eigenvalue weighted by Gasteiger charge is 2.24. The average Bonchev–Trinajstić information content (AvgIpc) is 2.41. The molecule has 0 aromatic heterocycles. The Bertz CT molecular complexity index is 709. The van der Waals surface area contributed by atoms with Gasteiger partial charge in [0.05, 0.1) is 6.07 Å². The van der Waals surface area contributed by atoms with Gasteiger partial charge in [-0.3, -0.25) is 4.79 Å².